The van der Waals surface area contributed by atoms with Crippen LogP contribution in [0.4, 0.5) is 0 Å². The van der Waals surface area contributed by atoms with E-state index in [1.54, 1.807) is 0 Å². The predicted molar refractivity (Wildman–Crippen MR) is 136 cm³/mol. The molecule has 0 fully saturated rings. The molecule has 156 valence electrons. The van der Waals surface area contributed by atoms with Crippen LogP contribution >= 0.6 is 0 Å². The molecule has 0 spiro atoms. The van der Waals surface area contributed by atoms with E-state index < -0.39 is 0 Å². The molecule has 0 radical (unpaired) electrons. The summed E-state index contributed by atoms with van der Waals surface area (Å²) in [5.74, 6) is 0. The first-order chi connectivity index (χ1) is 15.9. The molecule has 1 nitrogen and oxygen atoms in total. The van der Waals surface area contributed by atoms with Crippen molar-refractivity contribution in [3.63, 3.8) is 0 Å². The van der Waals surface area contributed by atoms with E-state index in [4.69, 9.17) is 0 Å². The minimum absolute atomic E-state index is 0.959. The van der Waals surface area contributed by atoms with Gasteiger partial charge in [0.2, 0.25) is 0 Å². The Morgan fingerprint density at radius 1 is 0.438 bits per heavy atom. The highest BCUT2D eigenvalue weighted by Crippen LogP contribution is 2.48. The second-order valence-electron chi connectivity index (χ2n) is 8.06. The Balaban J connectivity index is 1.97. The lowest BCUT2D eigenvalue weighted by Crippen LogP contribution is -2.02. The zero-order valence-electron chi connectivity index (χ0n) is 18.4. The van der Waals surface area contributed by atoms with Gasteiger partial charge in [0, 0.05) is 17.7 Å². The van der Waals surface area contributed by atoms with Crippen molar-refractivity contribution < 1.29 is 0 Å². The first-order valence-corrected chi connectivity index (χ1v) is 11.4. The third-order valence-electron chi connectivity index (χ3n) is 5.93. The Kier molecular flexibility index (Phi) is 5.72. The molecule has 1 heterocycles. The van der Waals surface area contributed by atoms with Crippen LogP contribution < -0.4 is 0 Å². The van der Waals surface area contributed by atoms with Crippen molar-refractivity contribution >= 4 is 0 Å². The van der Waals surface area contributed by atoms with E-state index in [9.17, 15) is 0 Å². The van der Waals surface area contributed by atoms with Crippen LogP contribution in [0.2, 0.25) is 0 Å². The first-order valence-electron chi connectivity index (χ1n) is 11.4. The molecule has 0 N–H and O–H groups in total. The Morgan fingerprint density at radius 3 is 1.06 bits per heavy atom. The van der Waals surface area contributed by atoms with Crippen LogP contribution in [0.15, 0.2) is 121 Å². The average Bonchev–Trinajstić information content (AvgIpc) is 3.21. The maximum atomic E-state index is 2.54. The van der Waals surface area contributed by atoms with Crippen molar-refractivity contribution in [2.24, 2.45) is 0 Å². The Hall–Kier alpha value is -3.84. The number of benzene rings is 4. The molecule has 5 aromatic rings. The topological polar surface area (TPSA) is 4.93 Å². The minimum Gasteiger partial charge on any atom is -0.339 e. The van der Waals surface area contributed by atoms with Crippen LogP contribution in [0.1, 0.15) is 13.3 Å². The minimum atomic E-state index is 0.959. The van der Waals surface area contributed by atoms with Crippen molar-refractivity contribution in [3.05, 3.63) is 121 Å². The summed E-state index contributed by atoms with van der Waals surface area (Å²) in [7, 11) is 0. The van der Waals surface area contributed by atoms with E-state index in [1.807, 2.05) is 0 Å². The van der Waals surface area contributed by atoms with E-state index in [0.29, 0.717) is 0 Å². The molecule has 32 heavy (non-hydrogen) atoms. The summed E-state index contributed by atoms with van der Waals surface area (Å²) in [6.45, 7) is 3.22. The monoisotopic (exact) mass is 413 g/mol. The van der Waals surface area contributed by atoms with Gasteiger partial charge in [-0.15, -0.1) is 0 Å². The Morgan fingerprint density at radius 2 is 0.750 bits per heavy atom. The van der Waals surface area contributed by atoms with Crippen molar-refractivity contribution in [2.45, 2.75) is 19.9 Å². The quantitative estimate of drug-likeness (QED) is 0.263. The van der Waals surface area contributed by atoms with Gasteiger partial charge in [-0.1, -0.05) is 128 Å². The van der Waals surface area contributed by atoms with E-state index in [1.165, 1.54) is 44.8 Å². The summed E-state index contributed by atoms with van der Waals surface area (Å²) in [5.41, 5.74) is 10.2. The van der Waals surface area contributed by atoms with E-state index in [-0.39, 0.29) is 0 Å². The molecule has 0 saturated heterocycles. The molecular formula is C31H27N. The standard InChI is InChI=1S/C31H27N/c1-2-23-32-30(26-19-11-5-12-20-26)28(24-15-7-3-8-16-24)29(25-17-9-4-10-18-25)31(32)27-21-13-6-14-22-27/h3-22H,2,23H2,1H3. The molecule has 0 aliphatic heterocycles. The molecular weight excluding hydrogens is 386 g/mol. The molecule has 0 saturated carbocycles. The number of aromatic nitrogens is 1. The maximum absolute atomic E-state index is 2.54. The zero-order chi connectivity index (χ0) is 21.8. The molecule has 0 atom stereocenters. The van der Waals surface area contributed by atoms with Gasteiger partial charge in [0.25, 0.3) is 0 Å². The number of rotatable bonds is 6. The predicted octanol–water partition coefficient (Wildman–Crippen LogP) is 8.57. The maximum Gasteiger partial charge on any atom is 0.0571 e. The summed E-state index contributed by atoms with van der Waals surface area (Å²) in [6.07, 6.45) is 1.07. The lowest BCUT2D eigenvalue weighted by molar-refractivity contribution is 0.696. The summed E-state index contributed by atoms with van der Waals surface area (Å²) >= 11 is 0. The summed E-state index contributed by atoms with van der Waals surface area (Å²) in [6, 6.07) is 43.3. The molecule has 0 bridgehead atoms. The fourth-order valence-electron chi connectivity index (χ4n) is 4.63. The van der Waals surface area contributed by atoms with E-state index in [2.05, 4.69) is 133 Å². The van der Waals surface area contributed by atoms with Crippen LogP contribution in [-0.2, 0) is 6.54 Å². The highest BCUT2D eigenvalue weighted by molar-refractivity contribution is 6.01. The zero-order valence-corrected chi connectivity index (χ0v) is 18.4. The van der Waals surface area contributed by atoms with Crippen LogP contribution in [0, 0.1) is 0 Å². The van der Waals surface area contributed by atoms with Crippen molar-refractivity contribution in [1.82, 2.24) is 4.57 Å². The van der Waals surface area contributed by atoms with Crippen LogP contribution in [-0.4, -0.2) is 4.57 Å². The molecule has 1 heteroatoms. The number of hydrogen-bond donors (Lipinski definition) is 0. The van der Waals surface area contributed by atoms with Crippen molar-refractivity contribution in [3.8, 4) is 44.8 Å². The molecule has 5 rings (SSSR count). The second kappa shape index (κ2) is 9.11. The summed E-state index contributed by atoms with van der Waals surface area (Å²) < 4.78 is 2.54. The van der Waals surface area contributed by atoms with E-state index >= 15 is 0 Å². The van der Waals surface area contributed by atoms with Crippen molar-refractivity contribution in [2.75, 3.05) is 0 Å². The van der Waals surface area contributed by atoms with Gasteiger partial charge in [-0.05, 0) is 28.7 Å². The van der Waals surface area contributed by atoms with Crippen molar-refractivity contribution in [1.29, 1.82) is 0 Å². The Labute approximate surface area is 190 Å². The van der Waals surface area contributed by atoms with Gasteiger partial charge in [0.15, 0.2) is 0 Å². The SMILES string of the molecule is CCCn1c(-c2ccccc2)c(-c2ccccc2)c(-c2ccccc2)c1-c1ccccc1. The number of hydrogen-bond acceptors (Lipinski definition) is 0. The third-order valence-corrected chi connectivity index (χ3v) is 5.93. The van der Waals surface area contributed by atoms with Gasteiger partial charge in [0.05, 0.1) is 11.4 Å². The Bertz CT molecular complexity index is 1180. The third kappa shape index (κ3) is 3.67. The molecule has 0 unspecified atom stereocenters. The first kappa shape index (κ1) is 20.1. The van der Waals surface area contributed by atoms with Gasteiger partial charge in [-0.2, -0.15) is 0 Å². The van der Waals surface area contributed by atoms with Gasteiger partial charge in [0.1, 0.15) is 0 Å². The average molecular weight is 414 g/mol. The highest BCUT2D eigenvalue weighted by atomic mass is 15.0. The molecule has 0 amide bonds. The lowest BCUT2D eigenvalue weighted by atomic mass is 9.91. The van der Waals surface area contributed by atoms with E-state index in [0.717, 1.165) is 13.0 Å². The molecule has 0 aliphatic carbocycles. The molecule has 4 aromatic carbocycles. The van der Waals surface area contributed by atoms with Gasteiger partial charge in [-0.25, -0.2) is 0 Å². The highest BCUT2D eigenvalue weighted by Gasteiger charge is 2.26. The van der Waals surface area contributed by atoms with Crippen LogP contribution in [0.5, 0.6) is 0 Å². The van der Waals surface area contributed by atoms with Crippen LogP contribution in [0.3, 0.4) is 0 Å². The van der Waals surface area contributed by atoms with Gasteiger partial charge < -0.3 is 4.57 Å². The van der Waals surface area contributed by atoms with Crippen LogP contribution in [0.25, 0.3) is 44.8 Å². The lowest BCUT2D eigenvalue weighted by Gasteiger charge is -2.14. The largest absolute Gasteiger partial charge is 0.339 e. The van der Waals surface area contributed by atoms with Gasteiger partial charge in [-0.3, -0.25) is 0 Å². The summed E-state index contributed by atoms with van der Waals surface area (Å²) in [4.78, 5) is 0. The fraction of sp³-hybridized carbons (Fsp3) is 0.0968. The second-order valence-corrected chi connectivity index (χ2v) is 8.06. The summed E-state index contributed by atoms with van der Waals surface area (Å²) in [5, 5.41) is 0. The molecule has 0 aliphatic rings. The smallest absolute Gasteiger partial charge is 0.0571 e. The molecule has 1 aromatic heterocycles. The number of nitrogens with zero attached hydrogens (tertiary/aromatic N) is 1. The normalized spacial score (nSPS) is 10.9. The van der Waals surface area contributed by atoms with Gasteiger partial charge >= 0.3 is 0 Å². The fourth-order valence-corrected chi connectivity index (χ4v) is 4.63.